The molecule has 2 rings (SSSR count). The zero-order valence-corrected chi connectivity index (χ0v) is 11.8. The van der Waals surface area contributed by atoms with Gasteiger partial charge in [0, 0.05) is 32.2 Å². The van der Waals surface area contributed by atoms with Crippen molar-refractivity contribution in [3.63, 3.8) is 0 Å². The second-order valence-corrected chi connectivity index (χ2v) is 5.33. The number of nitrogens with zero attached hydrogens (tertiary/aromatic N) is 2. The standard InChI is InChI=1S/C15H23N3O/c1-13(12-14-6-4-3-5-7-14)16-15(19)18-10-8-17(2)9-11-18/h3-7,13H,8-12H2,1-2H3,(H,16,19)/t13-/m0/s1. The van der Waals surface area contributed by atoms with Crippen molar-refractivity contribution in [2.75, 3.05) is 33.2 Å². The molecule has 4 heteroatoms. The van der Waals surface area contributed by atoms with E-state index in [0.717, 1.165) is 32.6 Å². The van der Waals surface area contributed by atoms with Gasteiger partial charge < -0.3 is 15.1 Å². The minimum absolute atomic E-state index is 0.0662. The summed E-state index contributed by atoms with van der Waals surface area (Å²) >= 11 is 0. The lowest BCUT2D eigenvalue weighted by atomic mass is 10.1. The lowest BCUT2D eigenvalue weighted by Crippen LogP contribution is -2.52. The highest BCUT2D eigenvalue weighted by atomic mass is 16.2. The fourth-order valence-corrected chi connectivity index (χ4v) is 2.33. The van der Waals surface area contributed by atoms with Gasteiger partial charge in [0.15, 0.2) is 0 Å². The predicted molar refractivity (Wildman–Crippen MR) is 77.2 cm³/mol. The van der Waals surface area contributed by atoms with E-state index >= 15 is 0 Å². The van der Waals surface area contributed by atoms with Crippen molar-refractivity contribution >= 4 is 6.03 Å². The van der Waals surface area contributed by atoms with Gasteiger partial charge in [-0.25, -0.2) is 4.79 Å². The molecule has 1 atom stereocenters. The molecule has 0 spiro atoms. The molecule has 1 heterocycles. The van der Waals surface area contributed by atoms with Gasteiger partial charge in [0.05, 0.1) is 0 Å². The molecule has 1 aromatic rings. The molecule has 1 N–H and O–H groups in total. The third kappa shape index (κ3) is 4.24. The summed E-state index contributed by atoms with van der Waals surface area (Å²) in [6.07, 6.45) is 0.875. The van der Waals surface area contributed by atoms with Crippen LogP contribution in [-0.4, -0.2) is 55.1 Å². The minimum atomic E-state index is 0.0662. The third-order valence-electron chi connectivity index (χ3n) is 3.55. The molecule has 0 bridgehead atoms. The first kappa shape index (κ1) is 13.9. The lowest BCUT2D eigenvalue weighted by molar-refractivity contribution is 0.152. The SMILES string of the molecule is C[C@@H](Cc1ccccc1)NC(=O)N1CCN(C)CC1. The first-order valence-corrected chi connectivity index (χ1v) is 6.93. The van der Waals surface area contributed by atoms with E-state index in [9.17, 15) is 4.79 Å². The van der Waals surface area contributed by atoms with Crippen molar-refractivity contribution in [1.82, 2.24) is 15.1 Å². The molecule has 4 nitrogen and oxygen atoms in total. The molecule has 2 amide bonds. The second-order valence-electron chi connectivity index (χ2n) is 5.33. The van der Waals surface area contributed by atoms with Crippen LogP contribution in [0.2, 0.25) is 0 Å². The van der Waals surface area contributed by atoms with Gasteiger partial charge >= 0.3 is 6.03 Å². The predicted octanol–water partition coefficient (Wildman–Crippen LogP) is 1.57. The highest BCUT2D eigenvalue weighted by Gasteiger charge is 2.19. The van der Waals surface area contributed by atoms with Crippen molar-refractivity contribution in [2.45, 2.75) is 19.4 Å². The first-order valence-electron chi connectivity index (χ1n) is 6.93. The van der Waals surface area contributed by atoms with Gasteiger partial charge in [-0.3, -0.25) is 0 Å². The van der Waals surface area contributed by atoms with Crippen LogP contribution >= 0.6 is 0 Å². The molecule has 104 valence electrons. The maximum absolute atomic E-state index is 12.1. The van der Waals surface area contributed by atoms with E-state index < -0.39 is 0 Å². The summed E-state index contributed by atoms with van der Waals surface area (Å²) in [6, 6.07) is 10.5. The van der Waals surface area contributed by atoms with Crippen molar-refractivity contribution in [3.05, 3.63) is 35.9 Å². The highest BCUT2D eigenvalue weighted by Crippen LogP contribution is 2.04. The summed E-state index contributed by atoms with van der Waals surface area (Å²) in [5.41, 5.74) is 1.26. The summed E-state index contributed by atoms with van der Waals surface area (Å²) in [4.78, 5) is 16.3. The Morgan fingerprint density at radius 2 is 1.84 bits per heavy atom. The topological polar surface area (TPSA) is 35.6 Å². The third-order valence-corrected chi connectivity index (χ3v) is 3.55. The number of nitrogens with one attached hydrogen (secondary N) is 1. The fraction of sp³-hybridized carbons (Fsp3) is 0.533. The Balaban J connectivity index is 1.78. The molecule has 0 aliphatic carbocycles. The van der Waals surface area contributed by atoms with E-state index in [0.29, 0.717) is 0 Å². The number of carbonyl (C=O) groups excluding carboxylic acids is 1. The normalized spacial score (nSPS) is 18.1. The maximum Gasteiger partial charge on any atom is 0.317 e. The zero-order chi connectivity index (χ0) is 13.7. The van der Waals surface area contributed by atoms with Gasteiger partial charge in [0.2, 0.25) is 0 Å². The van der Waals surface area contributed by atoms with Crippen molar-refractivity contribution in [3.8, 4) is 0 Å². The van der Waals surface area contributed by atoms with Crippen molar-refractivity contribution < 1.29 is 4.79 Å². The number of hydrogen-bond donors (Lipinski definition) is 1. The summed E-state index contributed by atoms with van der Waals surface area (Å²) in [5.74, 6) is 0. The number of hydrogen-bond acceptors (Lipinski definition) is 2. The second kappa shape index (κ2) is 6.57. The van der Waals surface area contributed by atoms with Gasteiger partial charge in [0.25, 0.3) is 0 Å². The van der Waals surface area contributed by atoms with E-state index in [1.54, 1.807) is 0 Å². The molecule has 0 radical (unpaired) electrons. The number of benzene rings is 1. The van der Waals surface area contributed by atoms with Crippen LogP contribution in [0.4, 0.5) is 4.79 Å². The summed E-state index contributed by atoms with van der Waals surface area (Å²) in [7, 11) is 2.09. The van der Waals surface area contributed by atoms with Gasteiger partial charge in [-0.1, -0.05) is 30.3 Å². The van der Waals surface area contributed by atoms with Crippen LogP contribution in [0.1, 0.15) is 12.5 Å². The maximum atomic E-state index is 12.1. The molecule has 19 heavy (non-hydrogen) atoms. The summed E-state index contributed by atoms with van der Waals surface area (Å²) < 4.78 is 0. The van der Waals surface area contributed by atoms with Crippen LogP contribution in [0.5, 0.6) is 0 Å². The molecule has 1 fully saturated rings. The van der Waals surface area contributed by atoms with Gasteiger partial charge in [-0.05, 0) is 26.0 Å². The Labute approximate surface area is 115 Å². The molecule has 1 aromatic carbocycles. The van der Waals surface area contributed by atoms with Crippen molar-refractivity contribution in [2.24, 2.45) is 0 Å². The number of rotatable bonds is 3. The Kier molecular flexibility index (Phi) is 4.80. The Morgan fingerprint density at radius 3 is 2.47 bits per heavy atom. The van der Waals surface area contributed by atoms with Crippen LogP contribution in [0, 0.1) is 0 Å². The molecule has 1 aliphatic heterocycles. The van der Waals surface area contributed by atoms with Gasteiger partial charge in [0.1, 0.15) is 0 Å². The van der Waals surface area contributed by atoms with Gasteiger partial charge in [-0.2, -0.15) is 0 Å². The van der Waals surface area contributed by atoms with Crippen LogP contribution in [-0.2, 0) is 6.42 Å². The molecule has 1 aliphatic rings. The van der Waals surface area contributed by atoms with Crippen molar-refractivity contribution in [1.29, 1.82) is 0 Å². The minimum Gasteiger partial charge on any atom is -0.335 e. The summed E-state index contributed by atoms with van der Waals surface area (Å²) in [6.45, 7) is 5.61. The molecular weight excluding hydrogens is 238 g/mol. The van der Waals surface area contributed by atoms with E-state index in [1.807, 2.05) is 23.1 Å². The number of urea groups is 1. The zero-order valence-electron chi connectivity index (χ0n) is 11.8. The van der Waals surface area contributed by atoms with E-state index in [2.05, 4.69) is 36.3 Å². The average Bonchev–Trinajstić information content (AvgIpc) is 2.40. The lowest BCUT2D eigenvalue weighted by Gasteiger charge is -2.33. The van der Waals surface area contributed by atoms with E-state index in [4.69, 9.17) is 0 Å². The average molecular weight is 261 g/mol. The van der Waals surface area contributed by atoms with E-state index in [-0.39, 0.29) is 12.1 Å². The Hall–Kier alpha value is -1.55. The van der Waals surface area contributed by atoms with Crippen LogP contribution in [0.3, 0.4) is 0 Å². The largest absolute Gasteiger partial charge is 0.335 e. The molecule has 0 unspecified atom stereocenters. The molecular formula is C15H23N3O. The monoisotopic (exact) mass is 261 g/mol. The molecule has 1 saturated heterocycles. The number of likely N-dealkylation sites (N-methyl/N-ethyl adjacent to an activating group) is 1. The number of piperazine rings is 1. The Morgan fingerprint density at radius 1 is 1.21 bits per heavy atom. The number of amides is 2. The Bertz CT molecular complexity index is 399. The number of carbonyl (C=O) groups is 1. The fourth-order valence-electron chi connectivity index (χ4n) is 2.33. The first-order chi connectivity index (χ1) is 9.15. The van der Waals surface area contributed by atoms with Crippen LogP contribution < -0.4 is 5.32 Å². The highest BCUT2D eigenvalue weighted by molar-refractivity contribution is 5.74. The quantitative estimate of drug-likeness (QED) is 0.896. The molecule has 0 aromatic heterocycles. The molecule has 0 saturated carbocycles. The smallest absolute Gasteiger partial charge is 0.317 e. The van der Waals surface area contributed by atoms with E-state index in [1.165, 1.54) is 5.56 Å². The summed E-state index contributed by atoms with van der Waals surface area (Å²) in [5, 5.41) is 3.08. The van der Waals surface area contributed by atoms with Gasteiger partial charge in [-0.15, -0.1) is 0 Å². The van der Waals surface area contributed by atoms with Crippen LogP contribution in [0.25, 0.3) is 0 Å². The van der Waals surface area contributed by atoms with Crippen LogP contribution in [0.15, 0.2) is 30.3 Å².